The SMILES string of the molecule is Cc1[nH]c2c(F)cccc2c1C1CCCCCC1N. The van der Waals surface area contributed by atoms with E-state index in [2.05, 4.69) is 4.98 Å². The lowest BCUT2D eigenvalue weighted by Gasteiger charge is -2.22. The quantitative estimate of drug-likeness (QED) is 0.748. The normalized spacial score (nSPS) is 24.6. The molecule has 2 atom stereocenters. The van der Waals surface area contributed by atoms with Crippen molar-refractivity contribution in [3.8, 4) is 0 Å². The summed E-state index contributed by atoms with van der Waals surface area (Å²) in [6.07, 6.45) is 5.89. The van der Waals surface area contributed by atoms with Gasteiger partial charge in [-0.15, -0.1) is 0 Å². The van der Waals surface area contributed by atoms with Gasteiger partial charge in [0.1, 0.15) is 5.82 Å². The summed E-state index contributed by atoms with van der Waals surface area (Å²) in [5.41, 5.74) is 9.30. The highest BCUT2D eigenvalue weighted by Crippen LogP contribution is 2.37. The third-order valence-electron chi connectivity index (χ3n) is 4.46. The molecule has 1 aliphatic carbocycles. The van der Waals surface area contributed by atoms with Crippen LogP contribution in [0.4, 0.5) is 4.39 Å². The number of para-hydroxylation sites is 1. The molecule has 1 heterocycles. The predicted molar refractivity (Wildman–Crippen MR) is 76.8 cm³/mol. The Kier molecular flexibility index (Phi) is 3.31. The van der Waals surface area contributed by atoms with E-state index in [-0.39, 0.29) is 11.9 Å². The zero-order chi connectivity index (χ0) is 13.4. The second kappa shape index (κ2) is 4.97. The molecule has 0 saturated heterocycles. The van der Waals surface area contributed by atoms with Crippen molar-refractivity contribution < 1.29 is 4.39 Å². The van der Waals surface area contributed by atoms with Crippen LogP contribution in [0.15, 0.2) is 18.2 Å². The van der Waals surface area contributed by atoms with Crippen LogP contribution < -0.4 is 5.73 Å². The molecule has 3 N–H and O–H groups in total. The molecule has 2 nitrogen and oxygen atoms in total. The van der Waals surface area contributed by atoms with E-state index in [9.17, 15) is 4.39 Å². The first-order valence-electron chi connectivity index (χ1n) is 7.20. The molecular formula is C16H21FN2. The van der Waals surface area contributed by atoms with Crippen LogP contribution >= 0.6 is 0 Å². The van der Waals surface area contributed by atoms with Crippen molar-refractivity contribution in [1.29, 1.82) is 0 Å². The Morgan fingerprint density at radius 2 is 2.00 bits per heavy atom. The summed E-state index contributed by atoms with van der Waals surface area (Å²) in [4.78, 5) is 3.20. The fourth-order valence-electron chi connectivity index (χ4n) is 3.51. The van der Waals surface area contributed by atoms with Crippen molar-refractivity contribution in [2.24, 2.45) is 5.73 Å². The minimum atomic E-state index is -0.172. The van der Waals surface area contributed by atoms with Crippen LogP contribution in [0.5, 0.6) is 0 Å². The molecule has 3 rings (SSSR count). The first kappa shape index (κ1) is 12.7. The molecule has 2 aromatic rings. The molecule has 0 aliphatic heterocycles. The Morgan fingerprint density at radius 3 is 2.84 bits per heavy atom. The molecule has 19 heavy (non-hydrogen) atoms. The minimum Gasteiger partial charge on any atom is -0.356 e. The molecule has 1 saturated carbocycles. The van der Waals surface area contributed by atoms with Gasteiger partial charge in [-0.1, -0.05) is 31.4 Å². The lowest BCUT2D eigenvalue weighted by molar-refractivity contribution is 0.506. The van der Waals surface area contributed by atoms with Gasteiger partial charge in [-0.3, -0.25) is 0 Å². The van der Waals surface area contributed by atoms with E-state index in [1.807, 2.05) is 13.0 Å². The van der Waals surface area contributed by atoms with Crippen molar-refractivity contribution >= 4 is 10.9 Å². The average Bonchev–Trinajstić information content (AvgIpc) is 2.57. The molecule has 0 spiro atoms. The van der Waals surface area contributed by atoms with Gasteiger partial charge in [-0.25, -0.2) is 4.39 Å². The third-order valence-corrected chi connectivity index (χ3v) is 4.46. The summed E-state index contributed by atoms with van der Waals surface area (Å²) < 4.78 is 13.9. The Bertz CT molecular complexity index is 588. The number of aryl methyl sites for hydroxylation is 1. The Hall–Kier alpha value is -1.35. The molecule has 0 bridgehead atoms. The second-order valence-corrected chi connectivity index (χ2v) is 5.73. The largest absolute Gasteiger partial charge is 0.356 e. The summed E-state index contributed by atoms with van der Waals surface area (Å²) in [7, 11) is 0. The van der Waals surface area contributed by atoms with Crippen molar-refractivity contribution in [2.75, 3.05) is 0 Å². The van der Waals surface area contributed by atoms with E-state index in [0.29, 0.717) is 11.4 Å². The van der Waals surface area contributed by atoms with Gasteiger partial charge in [0.05, 0.1) is 5.52 Å². The molecule has 2 unspecified atom stereocenters. The third kappa shape index (κ3) is 2.16. The Morgan fingerprint density at radius 1 is 1.21 bits per heavy atom. The van der Waals surface area contributed by atoms with Gasteiger partial charge in [0, 0.05) is 23.0 Å². The van der Waals surface area contributed by atoms with Crippen molar-refractivity contribution in [2.45, 2.75) is 51.0 Å². The van der Waals surface area contributed by atoms with E-state index in [4.69, 9.17) is 5.73 Å². The Labute approximate surface area is 113 Å². The van der Waals surface area contributed by atoms with E-state index in [1.54, 1.807) is 6.07 Å². The fraction of sp³-hybridized carbons (Fsp3) is 0.500. The van der Waals surface area contributed by atoms with Gasteiger partial charge in [-0.05, 0) is 31.4 Å². The number of rotatable bonds is 1. The zero-order valence-corrected chi connectivity index (χ0v) is 11.4. The topological polar surface area (TPSA) is 41.8 Å². The highest BCUT2D eigenvalue weighted by molar-refractivity contribution is 5.85. The summed E-state index contributed by atoms with van der Waals surface area (Å²) in [6, 6.07) is 5.50. The monoisotopic (exact) mass is 260 g/mol. The van der Waals surface area contributed by atoms with E-state index in [1.165, 1.54) is 30.9 Å². The van der Waals surface area contributed by atoms with Gasteiger partial charge in [0.2, 0.25) is 0 Å². The van der Waals surface area contributed by atoms with Gasteiger partial charge in [0.15, 0.2) is 0 Å². The van der Waals surface area contributed by atoms with Gasteiger partial charge >= 0.3 is 0 Å². The number of nitrogens with two attached hydrogens (primary N) is 1. The van der Waals surface area contributed by atoms with E-state index in [0.717, 1.165) is 23.9 Å². The molecule has 102 valence electrons. The molecule has 1 aromatic heterocycles. The number of nitrogens with one attached hydrogen (secondary N) is 1. The molecule has 1 fully saturated rings. The fourth-order valence-corrected chi connectivity index (χ4v) is 3.51. The number of hydrogen-bond donors (Lipinski definition) is 2. The number of halogens is 1. The van der Waals surface area contributed by atoms with Crippen molar-refractivity contribution in [3.05, 3.63) is 35.3 Å². The smallest absolute Gasteiger partial charge is 0.147 e. The molecule has 3 heteroatoms. The predicted octanol–water partition coefficient (Wildman–Crippen LogP) is 3.99. The van der Waals surface area contributed by atoms with Crippen LogP contribution in [0, 0.1) is 12.7 Å². The molecule has 1 aromatic carbocycles. The number of aromatic amines is 1. The van der Waals surface area contributed by atoms with Crippen LogP contribution in [0.2, 0.25) is 0 Å². The summed E-state index contributed by atoms with van der Waals surface area (Å²) in [5.74, 6) is 0.187. The lowest BCUT2D eigenvalue weighted by Crippen LogP contribution is -2.27. The second-order valence-electron chi connectivity index (χ2n) is 5.73. The number of fused-ring (bicyclic) bond motifs is 1. The number of hydrogen-bond acceptors (Lipinski definition) is 1. The van der Waals surface area contributed by atoms with Gasteiger partial charge < -0.3 is 10.7 Å². The molecular weight excluding hydrogens is 239 g/mol. The minimum absolute atomic E-state index is 0.172. The van der Waals surface area contributed by atoms with Gasteiger partial charge in [0.25, 0.3) is 0 Å². The van der Waals surface area contributed by atoms with Crippen LogP contribution in [0.3, 0.4) is 0 Å². The lowest BCUT2D eigenvalue weighted by atomic mass is 9.86. The van der Waals surface area contributed by atoms with E-state index >= 15 is 0 Å². The molecule has 0 radical (unpaired) electrons. The summed E-state index contributed by atoms with van der Waals surface area (Å²) in [5, 5.41) is 1.01. The number of benzene rings is 1. The highest BCUT2D eigenvalue weighted by Gasteiger charge is 2.26. The first-order chi connectivity index (χ1) is 9.18. The van der Waals surface area contributed by atoms with Crippen LogP contribution in [0.25, 0.3) is 10.9 Å². The van der Waals surface area contributed by atoms with E-state index < -0.39 is 0 Å². The maximum atomic E-state index is 13.9. The zero-order valence-electron chi connectivity index (χ0n) is 11.4. The molecule has 0 amide bonds. The van der Waals surface area contributed by atoms with Crippen LogP contribution in [-0.4, -0.2) is 11.0 Å². The number of aromatic nitrogens is 1. The molecule has 1 aliphatic rings. The maximum Gasteiger partial charge on any atom is 0.147 e. The number of H-pyrrole nitrogens is 1. The first-order valence-corrected chi connectivity index (χ1v) is 7.20. The standard InChI is InChI=1S/C16H21FN2/c1-10-15(11-6-3-2-4-9-14(11)18)12-7-5-8-13(17)16(12)19-10/h5,7-8,11,14,19H,2-4,6,9,18H2,1H3. The Balaban J connectivity index is 2.13. The van der Waals surface area contributed by atoms with Crippen LogP contribution in [-0.2, 0) is 0 Å². The van der Waals surface area contributed by atoms with Crippen molar-refractivity contribution in [1.82, 2.24) is 4.98 Å². The van der Waals surface area contributed by atoms with Crippen molar-refractivity contribution in [3.63, 3.8) is 0 Å². The maximum absolute atomic E-state index is 13.9. The average molecular weight is 260 g/mol. The summed E-state index contributed by atoms with van der Waals surface area (Å²) >= 11 is 0. The van der Waals surface area contributed by atoms with Gasteiger partial charge in [-0.2, -0.15) is 0 Å². The highest BCUT2D eigenvalue weighted by atomic mass is 19.1. The van der Waals surface area contributed by atoms with Crippen LogP contribution in [0.1, 0.15) is 49.3 Å². The summed E-state index contributed by atoms with van der Waals surface area (Å²) in [6.45, 7) is 2.03.